The molecule has 1 heterocycles. The first-order chi connectivity index (χ1) is 13.0. The number of rotatable bonds is 7. The Morgan fingerprint density at radius 2 is 1.78 bits per heavy atom. The minimum absolute atomic E-state index is 0.0604. The number of sulfonamides is 1. The monoisotopic (exact) mass is 386 g/mol. The molecular formula is C17H18N6O3S. The van der Waals surface area contributed by atoms with Crippen LogP contribution in [0.25, 0.3) is 11.4 Å². The van der Waals surface area contributed by atoms with Gasteiger partial charge < -0.3 is 0 Å². The molecule has 0 bridgehead atoms. The van der Waals surface area contributed by atoms with Crippen molar-refractivity contribution in [3.63, 3.8) is 0 Å². The molecule has 0 unspecified atom stereocenters. The largest absolute Gasteiger partial charge is 0.276 e. The number of aromatic nitrogens is 4. The van der Waals surface area contributed by atoms with Crippen molar-refractivity contribution in [3.05, 3.63) is 60.2 Å². The van der Waals surface area contributed by atoms with Gasteiger partial charge in [-0.2, -0.15) is 4.80 Å². The van der Waals surface area contributed by atoms with E-state index in [9.17, 15) is 13.2 Å². The van der Waals surface area contributed by atoms with Gasteiger partial charge in [-0.05, 0) is 29.3 Å². The summed E-state index contributed by atoms with van der Waals surface area (Å²) in [6, 6.07) is 15.6. The molecule has 0 aliphatic carbocycles. The third-order valence-electron chi connectivity index (χ3n) is 3.74. The Labute approximate surface area is 156 Å². The zero-order valence-electron chi connectivity index (χ0n) is 14.5. The molecule has 2 aromatic carbocycles. The molecule has 0 saturated carbocycles. The van der Waals surface area contributed by atoms with Gasteiger partial charge in [-0.15, -0.1) is 15.0 Å². The zero-order chi connectivity index (χ0) is 19.3. The maximum Gasteiger partial charge on any atom is 0.258 e. The Balaban J connectivity index is 1.58. The number of nitrogens with one attached hydrogen (secondary N) is 2. The van der Waals surface area contributed by atoms with Gasteiger partial charge in [0.15, 0.2) is 0 Å². The molecule has 0 saturated heterocycles. The molecule has 3 aromatic rings. The number of carbonyl (C=O) groups excluding carboxylic acids is 1. The van der Waals surface area contributed by atoms with E-state index in [1.807, 2.05) is 37.3 Å². The van der Waals surface area contributed by atoms with Crippen molar-refractivity contribution in [2.75, 3.05) is 0 Å². The lowest BCUT2D eigenvalue weighted by Crippen LogP contribution is -2.43. The molecule has 10 heteroatoms. The van der Waals surface area contributed by atoms with Crippen molar-refractivity contribution in [2.24, 2.45) is 0 Å². The van der Waals surface area contributed by atoms with Crippen LogP contribution in [0.1, 0.15) is 12.5 Å². The van der Waals surface area contributed by atoms with Crippen LogP contribution >= 0.6 is 0 Å². The lowest BCUT2D eigenvalue weighted by molar-refractivity contribution is -0.122. The SMILES string of the molecule is CCc1ccc(S(=O)(=O)NNC(=O)Cn2nnc(-c3ccccc3)n2)cc1. The highest BCUT2D eigenvalue weighted by atomic mass is 32.2. The summed E-state index contributed by atoms with van der Waals surface area (Å²) in [5.74, 6) is -0.249. The lowest BCUT2D eigenvalue weighted by Gasteiger charge is -2.08. The summed E-state index contributed by atoms with van der Waals surface area (Å²) in [6.07, 6.45) is 0.806. The minimum Gasteiger partial charge on any atom is -0.276 e. The molecule has 2 N–H and O–H groups in total. The van der Waals surface area contributed by atoms with Gasteiger partial charge in [-0.3, -0.25) is 10.2 Å². The first-order valence-electron chi connectivity index (χ1n) is 8.21. The van der Waals surface area contributed by atoms with Crippen molar-refractivity contribution < 1.29 is 13.2 Å². The number of aryl methyl sites for hydroxylation is 1. The van der Waals surface area contributed by atoms with Crippen LogP contribution in [0.15, 0.2) is 59.5 Å². The fourth-order valence-electron chi connectivity index (χ4n) is 2.27. The number of nitrogens with zero attached hydrogens (tertiary/aromatic N) is 4. The fraction of sp³-hybridized carbons (Fsp3) is 0.176. The lowest BCUT2D eigenvalue weighted by atomic mass is 10.2. The predicted molar refractivity (Wildman–Crippen MR) is 97.5 cm³/mol. The molecule has 0 radical (unpaired) electrons. The van der Waals surface area contributed by atoms with E-state index in [4.69, 9.17) is 0 Å². The van der Waals surface area contributed by atoms with Gasteiger partial charge in [0.2, 0.25) is 5.82 Å². The first-order valence-corrected chi connectivity index (χ1v) is 9.69. The Bertz CT molecular complexity index is 1020. The summed E-state index contributed by atoms with van der Waals surface area (Å²) >= 11 is 0. The molecule has 0 aliphatic heterocycles. The van der Waals surface area contributed by atoms with Crippen LogP contribution < -0.4 is 10.3 Å². The number of tetrazole rings is 1. The molecule has 1 aromatic heterocycles. The summed E-state index contributed by atoms with van der Waals surface area (Å²) in [7, 11) is -3.86. The molecule has 3 rings (SSSR count). The van der Waals surface area contributed by atoms with Gasteiger partial charge in [0, 0.05) is 5.56 Å². The van der Waals surface area contributed by atoms with Crippen molar-refractivity contribution in [2.45, 2.75) is 24.8 Å². The van der Waals surface area contributed by atoms with E-state index in [2.05, 4.69) is 25.7 Å². The number of hydrazine groups is 1. The number of carbonyl (C=O) groups is 1. The van der Waals surface area contributed by atoms with E-state index in [1.165, 1.54) is 12.1 Å². The first kappa shape index (κ1) is 18.7. The second-order valence-corrected chi connectivity index (χ2v) is 7.34. The average molecular weight is 386 g/mol. The molecule has 27 heavy (non-hydrogen) atoms. The smallest absolute Gasteiger partial charge is 0.258 e. The third kappa shape index (κ3) is 4.74. The van der Waals surface area contributed by atoms with Crippen LogP contribution in [0.4, 0.5) is 0 Å². The van der Waals surface area contributed by atoms with E-state index < -0.39 is 15.9 Å². The summed E-state index contributed by atoms with van der Waals surface area (Å²) < 4.78 is 24.4. The summed E-state index contributed by atoms with van der Waals surface area (Å²) in [6.45, 7) is 1.69. The van der Waals surface area contributed by atoms with Crippen molar-refractivity contribution in [3.8, 4) is 11.4 Å². The van der Waals surface area contributed by atoms with Crippen molar-refractivity contribution in [1.82, 2.24) is 30.5 Å². The number of hydrogen-bond acceptors (Lipinski definition) is 6. The Hall–Kier alpha value is -3.11. The molecule has 140 valence electrons. The van der Waals surface area contributed by atoms with E-state index in [-0.39, 0.29) is 11.4 Å². The fourth-order valence-corrected chi connectivity index (χ4v) is 3.13. The number of benzene rings is 2. The standard InChI is InChI=1S/C17H18N6O3S/c1-2-13-8-10-15(11-9-13)27(25,26)22-18-16(24)12-23-20-17(19-21-23)14-6-4-3-5-7-14/h3-11,22H,2,12H2,1H3,(H,18,24). The maximum absolute atomic E-state index is 12.2. The number of hydrogen-bond donors (Lipinski definition) is 2. The van der Waals surface area contributed by atoms with Crippen LogP contribution in [-0.2, 0) is 27.8 Å². The Morgan fingerprint density at radius 3 is 2.44 bits per heavy atom. The highest BCUT2D eigenvalue weighted by Crippen LogP contribution is 2.12. The molecule has 0 atom stereocenters. The Morgan fingerprint density at radius 1 is 1.07 bits per heavy atom. The summed E-state index contributed by atoms with van der Waals surface area (Å²) in [4.78, 5) is 15.2. The Kier molecular flexibility index (Phi) is 5.57. The van der Waals surface area contributed by atoms with E-state index >= 15 is 0 Å². The highest BCUT2D eigenvalue weighted by Gasteiger charge is 2.16. The maximum atomic E-state index is 12.2. The second kappa shape index (κ2) is 8.06. The predicted octanol–water partition coefficient (Wildman–Crippen LogP) is 0.912. The molecular weight excluding hydrogens is 368 g/mol. The van der Waals surface area contributed by atoms with Crippen molar-refractivity contribution >= 4 is 15.9 Å². The number of amides is 1. The van der Waals surface area contributed by atoms with E-state index in [0.717, 1.165) is 22.3 Å². The quantitative estimate of drug-likeness (QED) is 0.583. The molecule has 1 amide bonds. The van der Waals surface area contributed by atoms with Crippen LogP contribution in [0.3, 0.4) is 0 Å². The van der Waals surface area contributed by atoms with Gasteiger partial charge in [0.25, 0.3) is 15.9 Å². The van der Waals surface area contributed by atoms with Crippen molar-refractivity contribution in [1.29, 1.82) is 0 Å². The highest BCUT2D eigenvalue weighted by molar-refractivity contribution is 7.89. The van der Waals surface area contributed by atoms with E-state index in [0.29, 0.717) is 5.82 Å². The summed E-state index contributed by atoms with van der Waals surface area (Å²) in [5, 5.41) is 11.8. The third-order valence-corrected chi connectivity index (χ3v) is 5.00. The molecule has 0 fully saturated rings. The topological polar surface area (TPSA) is 119 Å². The zero-order valence-corrected chi connectivity index (χ0v) is 15.3. The van der Waals surface area contributed by atoms with Crippen LogP contribution in [-0.4, -0.2) is 34.5 Å². The second-order valence-electron chi connectivity index (χ2n) is 5.66. The average Bonchev–Trinajstić information content (AvgIpc) is 3.16. The van der Waals surface area contributed by atoms with Gasteiger partial charge >= 0.3 is 0 Å². The molecule has 0 spiro atoms. The van der Waals surface area contributed by atoms with E-state index in [1.54, 1.807) is 12.1 Å². The van der Waals surface area contributed by atoms with Crippen LogP contribution in [0.5, 0.6) is 0 Å². The van der Waals surface area contributed by atoms with Crippen LogP contribution in [0.2, 0.25) is 0 Å². The van der Waals surface area contributed by atoms with Gasteiger partial charge in [-0.25, -0.2) is 8.42 Å². The van der Waals surface area contributed by atoms with Crippen LogP contribution in [0, 0.1) is 0 Å². The van der Waals surface area contributed by atoms with Gasteiger partial charge in [-0.1, -0.05) is 49.4 Å². The normalized spacial score (nSPS) is 11.3. The van der Waals surface area contributed by atoms with Gasteiger partial charge in [0.1, 0.15) is 6.54 Å². The minimum atomic E-state index is -3.86. The molecule has 9 nitrogen and oxygen atoms in total. The summed E-state index contributed by atoms with van der Waals surface area (Å²) in [5.41, 5.74) is 3.92. The van der Waals surface area contributed by atoms with Gasteiger partial charge in [0.05, 0.1) is 4.90 Å². The molecule has 0 aliphatic rings.